The van der Waals surface area contributed by atoms with Crippen LogP contribution < -0.4 is 16.0 Å². The molecule has 1 aliphatic rings. The number of alkyl halides is 3. The summed E-state index contributed by atoms with van der Waals surface area (Å²) < 4.78 is 40.4. The summed E-state index contributed by atoms with van der Waals surface area (Å²) in [5.74, 6) is 0.120. The maximum Gasteiger partial charge on any atom is 0.416 e. The standard InChI is InChI=1S/C27H25F3N6O/c28-27(29,30)20-11-13-22(14-12-20)36-25(31)24(23(33-36)19-7-3-1-4-8-19)32-26(37)35-17-15-34(16-18-35)21-9-5-2-6-10-21/h1-14H,15-18,31H2,(H,32,37). The van der Waals surface area contributed by atoms with Crippen LogP contribution in [0.2, 0.25) is 0 Å². The third-order valence-corrected chi connectivity index (χ3v) is 6.33. The van der Waals surface area contributed by atoms with E-state index in [9.17, 15) is 18.0 Å². The second-order valence-corrected chi connectivity index (χ2v) is 8.67. The van der Waals surface area contributed by atoms with Gasteiger partial charge in [-0.1, -0.05) is 48.5 Å². The number of nitrogens with zero attached hydrogens (tertiary/aromatic N) is 4. The van der Waals surface area contributed by atoms with E-state index in [0.29, 0.717) is 48.8 Å². The molecule has 0 aliphatic carbocycles. The van der Waals surface area contributed by atoms with Crippen LogP contribution in [0.1, 0.15) is 5.56 Å². The van der Waals surface area contributed by atoms with Gasteiger partial charge >= 0.3 is 12.2 Å². The van der Waals surface area contributed by atoms with E-state index in [4.69, 9.17) is 5.73 Å². The molecule has 5 rings (SSSR count). The SMILES string of the molecule is Nc1c(NC(=O)N2CCN(c3ccccc3)CC2)c(-c2ccccc2)nn1-c1ccc(C(F)(F)F)cc1. The largest absolute Gasteiger partial charge is 0.416 e. The molecule has 2 amide bonds. The van der Waals surface area contributed by atoms with Crippen molar-refractivity contribution in [3.05, 3.63) is 90.5 Å². The van der Waals surface area contributed by atoms with E-state index in [1.165, 1.54) is 16.8 Å². The van der Waals surface area contributed by atoms with Crippen LogP contribution in [0.15, 0.2) is 84.9 Å². The zero-order valence-electron chi connectivity index (χ0n) is 19.8. The summed E-state index contributed by atoms with van der Waals surface area (Å²) in [5, 5.41) is 7.47. The molecule has 0 bridgehead atoms. The predicted octanol–water partition coefficient (Wildman–Crippen LogP) is 5.49. The first-order valence-corrected chi connectivity index (χ1v) is 11.8. The fourth-order valence-electron chi connectivity index (χ4n) is 4.33. The molecule has 1 fully saturated rings. The lowest BCUT2D eigenvalue weighted by molar-refractivity contribution is -0.137. The summed E-state index contributed by atoms with van der Waals surface area (Å²) >= 11 is 0. The first-order chi connectivity index (χ1) is 17.8. The van der Waals surface area contributed by atoms with Gasteiger partial charge in [0.05, 0.1) is 11.3 Å². The van der Waals surface area contributed by atoms with Crippen molar-refractivity contribution in [3.8, 4) is 16.9 Å². The molecule has 0 unspecified atom stereocenters. The van der Waals surface area contributed by atoms with Crippen molar-refractivity contribution in [1.82, 2.24) is 14.7 Å². The lowest BCUT2D eigenvalue weighted by atomic mass is 10.1. The number of urea groups is 1. The van der Waals surface area contributed by atoms with Crippen molar-refractivity contribution in [2.24, 2.45) is 0 Å². The minimum atomic E-state index is -4.45. The van der Waals surface area contributed by atoms with Crippen molar-refractivity contribution in [2.45, 2.75) is 6.18 Å². The smallest absolute Gasteiger partial charge is 0.382 e. The van der Waals surface area contributed by atoms with Crippen molar-refractivity contribution < 1.29 is 18.0 Å². The number of piperazine rings is 1. The maximum atomic E-state index is 13.2. The molecule has 0 atom stereocenters. The number of nitrogens with two attached hydrogens (primary N) is 1. The van der Waals surface area contributed by atoms with E-state index in [1.807, 2.05) is 60.7 Å². The maximum absolute atomic E-state index is 13.2. The van der Waals surface area contributed by atoms with E-state index < -0.39 is 11.7 Å². The van der Waals surface area contributed by atoms with Crippen LogP contribution in [0.5, 0.6) is 0 Å². The average molecular weight is 507 g/mol. The number of amides is 2. The number of benzene rings is 3. The van der Waals surface area contributed by atoms with Gasteiger partial charge in [0.15, 0.2) is 5.82 Å². The number of halogens is 3. The number of carbonyl (C=O) groups is 1. The lowest BCUT2D eigenvalue weighted by Gasteiger charge is -2.36. The Morgan fingerprint density at radius 1 is 0.811 bits per heavy atom. The highest BCUT2D eigenvalue weighted by atomic mass is 19.4. The highest BCUT2D eigenvalue weighted by molar-refractivity contribution is 5.98. The van der Waals surface area contributed by atoms with E-state index in [-0.39, 0.29) is 11.8 Å². The molecule has 2 heterocycles. The van der Waals surface area contributed by atoms with Crippen LogP contribution in [0, 0.1) is 0 Å². The van der Waals surface area contributed by atoms with Gasteiger partial charge in [-0.25, -0.2) is 9.48 Å². The van der Waals surface area contributed by atoms with Crippen LogP contribution >= 0.6 is 0 Å². The second-order valence-electron chi connectivity index (χ2n) is 8.67. The van der Waals surface area contributed by atoms with Crippen molar-refractivity contribution in [2.75, 3.05) is 42.1 Å². The van der Waals surface area contributed by atoms with Crippen LogP contribution in [0.3, 0.4) is 0 Å². The average Bonchev–Trinajstić information content (AvgIpc) is 3.25. The molecular weight excluding hydrogens is 481 g/mol. The van der Waals surface area contributed by atoms with E-state index in [1.54, 1.807) is 4.90 Å². The summed E-state index contributed by atoms with van der Waals surface area (Å²) in [5.41, 5.74) is 8.54. The minimum Gasteiger partial charge on any atom is -0.382 e. The van der Waals surface area contributed by atoms with Crippen molar-refractivity contribution >= 4 is 23.2 Å². The first kappa shape index (κ1) is 24.2. The van der Waals surface area contributed by atoms with Crippen LogP contribution in [0.25, 0.3) is 16.9 Å². The Kier molecular flexibility index (Phi) is 6.47. The van der Waals surface area contributed by atoms with Crippen LogP contribution in [-0.4, -0.2) is 46.9 Å². The normalized spacial score (nSPS) is 14.0. The summed E-state index contributed by atoms with van der Waals surface area (Å²) in [6.45, 7) is 2.41. The second kappa shape index (κ2) is 9.88. The van der Waals surface area contributed by atoms with Crippen molar-refractivity contribution in [3.63, 3.8) is 0 Å². The molecule has 37 heavy (non-hydrogen) atoms. The molecule has 3 N–H and O–H groups in total. The molecule has 190 valence electrons. The molecular formula is C27H25F3N6O. The highest BCUT2D eigenvalue weighted by Crippen LogP contribution is 2.35. The molecule has 1 saturated heterocycles. The first-order valence-electron chi connectivity index (χ1n) is 11.8. The Labute approximate surface area is 211 Å². The number of hydrogen-bond acceptors (Lipinski definition) is 4. The Hall–Kier alpha value is -4.47. The molecule has 1 aromatic heterocycles. The van der Waals surface area contributed by atoms with Crippen LogP contribution in [-0.2, 0) is 6.18 Å². The van der Waals surface area contributed by atoms with Gasteiger partial charge in [0.2, 0.25) is 0 Å². The third kappa shape index (κ3) is 5.09. The van der Waals surface area contributed by atoms with E-state index in [2.05, 4.69) is 15.3 Å². The Bertz CT molecular complexity index is 1360. The molecule has 10 heteroatoms. The zero-order valence-corrected chi connectivity index (χ0v) is 19.8. The number of para-hydroxylation sites is 1. The Balaban J connectivity index is 1.40. The van der Waals surface area contributed by atoms with E-state index in [0.717, 1.165) is 17.8 Å². The number of carbonyl (C=O) groups excluding carboxylic acids is 1. The van der Waals surface area contributed by atoms with E-state index >= 15 is 0 Å². The quantitative estimate of drug-likeness (QED) is 0.384. The number of hydrogen-bond donors (Lipinski definition) is 2. The monoisotopic (exact) mass is 506 g/mol. The van der Waals surface area contributed by atoms with Gasteiger partial charge in [0.25, 0.3) is 0 Å². The summed E-state index contributed by atoms with van der Waals surface area (Å²) in [4.78, 5) is 17.2. The summed E-state index contributed by atoms with van der Waals surface area (Å²) in [6.07, 6.45) is -4.45. The predicted molar refractivity (Wildman–Crippen MR) is 138 cm³/mol. The molecule has 3 aromatic carbocycles. The van der Waals surface area contributed by atoms with Crippen molar-refractivity contribution in [1.29, 1.82) is 0 Å². The van der Waals surface area contributed by atoms with Gasteiger partial charge in [0.1, 0.15) is 11.4 Å². The fraction of sp³-hybridized carbons (Fsp3) is 0.185. The molecule has 0 spiro atoms. The van der Waals surface area contributed by atoms with Gasteiger partial charge in [-0.05, 0) is 36.4 Å². The molecule has 0 radical (unpaired) electrons. The topological polar surface area (TPSA) is 79.4 Å². The Morgan fingerprint density at radius 2 is 1.41 bits per heavy atom. The van der Waals surface area contributed by atoms with Gasteiger partial charge < -0.3 is 20.9 Å². The number of anilines is 3. The number of aromatic nitrogens is 2. The van der Waals surface area contributed by atoms with Gasteiger partial charge in [-0.2, -0.15) is 18.3 Å². The number of rotatable bonds is 4. The Morgan fingerprint density at radius 3 is 2.00 bits per heavy atom. The van der Waals surface area contributed by atoms with Crippen LogP contribution in [0.4, 0.5) is 35.2 Å². The molecule has 7 nitrogen and oxygen atoms in total. The molecule has 4 aromatic rings. The van der Waals surface area contributed by atoms with Gasteiger partial charge in [-0.3, -0.25) is 0 Å². The number of nitrogen functional groups attached to an aromatic ring is 1. The fourth-order valence-corrected chi connectivity index (χ4v) is 4.33. The molecule has 0 saturated carbocycles. The highest BCUT2D eigenvalue weighted by Gasteiger charge is 2.30. The zero-order chi connectivity index (χ0) is 26.0. The van der Waals surface area contributed by atoms with Gasteiger partial charge in [0, 0.05) is 37.4 Å². The lowest BCUT2D eigenvalue weighted by Crippen LogP contribution is -2.50. The number of nitrogens with one attached hydrogen (secondary N) is 1. The van der Waals surface area contributed by atoms with Gasteiger partial charge in [-0.15, -0.1) is 0 Å². The third-order valence-electron chi connectivity index (χ3n) is 6.33. The molecule has 1 aliphatic heterocycles. The minimum absolute atomic E-state index is 0.120. The summed E-state index contributed by atoms with van der Waals surface area (Å²) in [7, 11) is 0. The summed E-state index contributed by atoms with van der Waals surface area (Å²) in [6, 6.07) is 23.4.